The highest BCUT2D eigenvalue weighted by atomic mass is 32.2. The second-order valence-corrected chi connectivity index (χ2v) is 10.3. The number of aryl methyl sites for hydroxylation is 1. The van der Waals surface area contributed by atoms with Gasteiger partial charge in [0.15, 0.2) is 5.82 Å². The molecule has 3 rings (SSSR count). The van der Waals surface area contributed by atoms with E-state index in [1.54, 1.807) is 24.3 Å². The lowest BCUT2D eigenvalue weighted by Crippen LogP contribution is -2.30. The number of rotatable bonds is 11. The first-order valence-electron chi connectivity index (χ1n) is 11.5. The summed E-state index contributed by atoms with van der Waals surface area (Å²) in [5.74, 6) is 1.35. The number of carbonyl (C=O) groups is 1. The molecular formula is C25H32N4O4S. The third kappa shape index (κ3) is 6.51. The Hall–Kier alpha value is -3.04. The van der Waals surface area contributed by atoms with Gasteiger partial charge >= 0.3 is 0 Å². The molecule has 0 aliphatic rings. The minimum absolute atomic E-state index is 0.104. The summed E-state index contributed by atoms with van der Waals surface area (Å²) in [5, 5.41) is 6.90. The summed E-state index contributed by atoms with van der Waals surface area (Å²) in [6, 6.07) is 14.3. The molecule has 0 unspecified atom stereocenters. The van der Waals surface area contributed by atoms with Gasteiger partial charge in [0.1, 0.15) is 0 Å². The number of carbonyl (C=O) groups excluding carboxylic acids is 1. The molecule has 2 aromatic carbocycles. The SMILES string of the molecule is CCN(CC)S(=O)(=O)c1ccc(CCC(=O)Nc2ccc(Cc3noc(C(C)C)n3)cc2)cc1. The Bertz CT molecular complexity index is 1180. The van der Waals surface area contributed by atoms with Crippen molar-refractivity contribution < 1.29 is 17.7 Å². The molecule has 0 fully saturated rings. The van der Waals surface area contributed by atoms with E-state index in [0.29, 0.717) is 49.8 Å². The van der Waals surface area contributed by atoms with Crippen LogP contribution in [0.5, 0.6) is 0 Å². The fourth-order valence-corrected chi connectivity index (χ4v) is 4.94. The Morgan fingerprint density at radius 1 is 1.00 bits per heavy atom. The van der Waals surface area contributed by atoms with E-state index in [1.807, 2.05) is 52.0 Å². The van der Waals surface area contributed by atoms with E-state index in [9.17, 15) is 13.2 Å². The van der Waals surface area contributed by atoms with Crippen LogP contribution in [-0.4, -0.2) is 41.9 Å². The number of nitrogens with one attached hydrogen (secondary N) is 1. The summed E-state index contributed by atoms with van der Waals surface area (Å²) in [4.78, 5) is 17.0. The predicted octanol–water partition coefficient (Wildman–Crippen LogP) is 4.39. The van der Waals surface area contributed by atoms with Crippen LogP contribution in [0.3, 0.4) is 0 Å². The molecular weight excluding hydrogens is 452 g/mol. The van der Waals surface area contributed by atoms with Crippen LogP contribution in [0.1, 0.15) is 62.9 Å². The average Bonchev–Trinajstić information content (AvgIpc) is 3.29. The molecule has 1 aromatic heterocycles. The normalized spacial score (nSPS) is 11.8. The maximum absolute atomic E-state index is 12.6. The molecule has 1 N–H and O–H groups in total. The van der Waals surface area contributed by atoms with E-state index in [2.05, 4.69) is 15.5 Å². The van der Waals surface area contributed by atoms with Crippen LogP contribution in [0.25, 0.3) is 0 Å². The van der Waals surface area contributed by atoms with E-state index in [1.165, 1.54) is 4.31 Å². The van der Waals surface area contributed by atoms with Gasteiger partial charge in [0.05, 0.1) is 4.90 Å². The number of benzene rings is 2. The average molecular weight is 485 g/mol. The van der Waals surface area contributed by atoms with Crippen molar-refractivity contribution in [1.82, 2.24) is 14.4 Å². The van der Waals surface area contributed by atoms with Crippen molar-refractivity contribution in [3.63, 3.8) is 0 Å². The molecule has 3 aromatic rings. The zero-order valence-electron chi connectivity index (χ0n) is 20.1. The summed E-state index contributed by atoms with van der Waals surface area (Å²) in [6.07, 6.45) is 1.38. The second-order valence-electron chi connectivity index (χ2n) is 8.36. The van der Waals surface area contributed by atoms with E-state index < -0.39 is 10.0 Å². The van der Waals surface area contributed by atoms with Crippen molar-refractivity contribution in [2.45, 2.75) is 57.8 Å². The molecule has 8 nitrogen and oxygen atoms in total. The van der Waals surface area contributed by atoms with Crippen LogP contribution in [0.2, 0.25) is 0 Å². The van der Waals surface area contributed by atoms with Gasteiger partial charge in [0.2, 0.25) is 21.8 Å². The van der Waals surface area contributed by atoms with Crippen LogP contribution in [0.4, 0.5) is 5.69 Å². The van der Waals surface area contributed by atoms with Crippen LogP contribution < -0.4 is 5.32 Å². The van der Waals surface area contributed by atoms with Crippen molar-refractivity contribution in [2.75, 3.05) is 18.4 Å². The third-order valence-corrected chi connectivity index (χ3v) is 7.55. The van der Waals surface area contributed by atoms with Crippen molar-refractivity contribution in [3.8, 4) is 0 Å². The van der Waals surface area contributed by atoms with Gasteiger partial charge in [-0.2, -0.15) is 9.29 Å². The van der Waals surface area contributed by atoms with Gasteiger partial charge in [-0.1, -0.05) is 57.1 Å². The second kappa shape index (κ2) is 11.4. The lowest BCUT2D eigenvalue weighted by atomic mass is 10.1. The number of hydrogen-bond acceptors (Lipinski definition) is 6. The van der Waals surface area contributed by atoms with E-state index in [4.69, 9.17) is 4.52 Å². The summed E-state index contributed by atoms with van der Waals surface area (Å²) < 4.78 is 31.8. The largest absolute Gasteiger partial charge is 0.339 e. The first-order chi connectivity index (χ1) is 16.2. The van der Waals surface area contributed by atoms with Gasteiger partial charge in [0.25, 0.3) is 0 Å². The Morgan fingerprint density at radius 3 is 2.18 bits per heavy atom. The quantitative estimate of drug-likeness (QED) is 0.433. The van der Waals surface area contributed by atoms with Gasteiger partial charge in [-0.25, -0.2) is 8.42 Å². The molecule has 9 heteroatoms. The van der Waals surface area contributed by atoms with Crippen molar-refractivity contribution in [3.05, 3.63) is 71.4 Å². The van der Waals surface area contributed by atoms with Crippen molar-refractivity contribution in [2.24, 2.45) is 0 Å². The zero-order chi connectivity index (χ0) is 24.7. The number of anilines is 1. The van der Waals surface area contributed by atoms with Gasteiger partial charge in [0, 0.05) is 37.5 Å². The van der Waals surface area contributed by atoms with Crippen molar-refractivity contribution in [1.29, 1.82) is 0 Å². The van der Waals surface area contributed by atoms with Gasteiger partial charge in [-0.3, -0.25) is 4.79 Å². The number of amides is 1. The maximum Gasteiger partial charge on any atom is 0.243 e. The van der Waals surface area contributed by atoms with Crippen LogP contribution in [0.15, 0.2) is 57.9 Å². The first-order valence-corrected chi connectivity index (χ1v) is 13.0. The molecule has 34 heavy (non-hydrogen) atoms. The van der Waals surface area contributed by atoms with Crippen molar-refractivity contribution >= 4 is 21.6 Å². The zero-order valence-corrected chi connectivity index (χ0v) is 20.9. The molecule has 0 spiro atoms. The Morgan fingerprint density at radius 2 is 1.62 bits per heavy atom. The molecule has 0 saturated carbocycles. The molecule has 0 aliphatic heterocycles. The summed E-state index contributed by atoms with van der Waals surface area (Å²) in [6.45, 7) is 8.49. The molecule has 182 valence electrons. The predicted molar refractivity (Wildman–Crippen MR) is 131 cm³/mol. The molecule has 0 bridgehead atoms. The maximum atomic E-state index is 12.6. The number of sulfonamides is 1. The molecule has 0 radical (unpaired) electrons. The lowest BCUT2D eigenvalue weighted by molar-refractivity contribution is -0.116. The Labute approximate surface area is 201 Å². The minimum Gasteiger partial charge on any atom is -0.339 e. The standard InChI is InChI=1S/C25H32N4O4S/c1-5-29(6-2)34(31,32)22-14-9-19(10-15-22)11-16-24(30)26-21-12-7-20(8-13-21)17-23-27-25(18(3)4)33-28-23/h7-10,12-15,18H,5-6,11,16-17H2,1-4H3,(H,26,30). The Kier molecular flexibility index (Phi) is 8.57. The Balaban J connectivity index is 1.51. The minimum atomic E-state index is -3.48. The monoisotopic (exact) mass is 484 g/mol. The first kappa shape index (κ1) is 25.6. The van der Waals surface area contributed by atoms with Gasteiger partial charge in [-0.05, 0) is 41.8 Å². The fourth-order valence-electron chi connectivity index (χ4n) is 3.48. The van der Waals surface area contributed by atoms with Gasteiger partial charge < -0.3 is 9.84 Å². The number of nitrogens with zero attached hydrogens (tertiary/aromatic N) is 3. The smallest absolute Gasteiger partial charge is 0.243 e. The summed E-state index contributed by atoms with van der Waals surface area (Å²) in [7, 11) is -3.48. The fraction of sp³-hybridized carbons (Fsp3) is 0.400. The molecule has 0 aliphatic carbocycles. The van der Waals surface area contributed by atoms with Gasteiger partial charge in [-0.15, -0.1) is 0 Å². The van der Waals surface area contributed by atoms with E-state index in [-0.39, 0.29) is 16.7 Å². The highest BCUT2D eigenvalue weighted by Crippen LogP contribution is 2.18. The van der Waals surface area contributed by atoms with Crippen LogP contribution in [0, 0.1) is 0 Å². The number of aromatic nitrogens is 2. The van der Waals surface area contributed by atoms with E-state index in [0.717, 1.165) is 11.1 Å². The molecule has 1 heterocycles. The third-order valence-electron chi connectivity index (χ3n) is 5.48. The topological polar surface area (TPSA) is 105 Å². The molecule has 1 amide bonds. The molecule has 0 atom stereocenters. The highest BCUT2D eigenvalue weighted by Gasteiger charge is 2.21. The summed E-state index contributed by atoms with van der Waals surface area (Å²) >= 11 is 0. The van der Waals surface area contributed by atoms with Crippen LogP contribution >= 0.6 is 0 Å². The van der Waals surface area contributed by atoms with E-state index >= 15 is 0 Å². The lowest BCUT2D eigenvalue weighted by Gasteiger charge is -2.18. The highest BCUT2D eigenvalue weighted by molar-refractivity contribution is 7.89. The van der Waals surface area contributed by atoms with Crippen LogP contribution in [-0.2, 0) is 27.7 Å². The summed E-state index contributed by atoms with van der Waals surface area (Å²) in [5.41, 5.74) is 2.64. The molecule has 0 saturated heterocycles. The number of hydrogen-bond donors (Lipinski definition) is 1.